The summed E-state index contributed by atoms with van der Waals surface area (Å²) in [7, 11) is 0. The number of nitrogens with one attached hydrogen (secondary N) is 2. The number of amides is 4. The second-order valence-corrected chi connectivity index (χ2v) is 5.19. The van der Waals surface area contributed by atoms with Crippen LogP contribution in [0.4, 0.5) is 4.79 Å². The average molecular weight is 285 g/mol. The van der Waals surface area contributed by atoms with Crippen molar-refractivity contribution in [1.29, 1.82) is 0 Å². The number of rotatable bonds is 4. The van der Waals surface area contributed by atoms with Crippen molar-refractivity contribution in [2.75, 3.05) is 6.54 Å². The molecule has 20 heavy (non-hydrogen) atoms. The molecule has 1 rings (SSSR count). The molecule has 1 fully saturated rings. The predicted octanol–water partition coefficient (Wildman–Crippen LogP) is -0.458. The molecule has 0 saturated carbocycles. The van der Waals surface area contributed by atoms with Crippen LogP contribution in [0.1, 0.15) is 27.2 Å². The topological polar surface area (TPSA) is 116 Å². The first-order chi connectivity index (χ1) is 9.22. The zero-order chi connectivity index (χ0) is 15.4. The quantitative estimate of drug-likeness (QED) is 0.605. The fraction of sp³-hybridized carbons (Fsp3) is 0.667. The molecule has 0 aliphatic carbocycles. The van der Waals surface area contributed by atoms with Gasteiger partial charge in [0.05, 0.1) is 0 Å². The van der Waals surface area contributed by atoms with Crippen molar-refractivity contribution in [1.82, 2.24) is 15.5 Å². The molecule has 1 heterocycles. The standard InChI is InChI=1S/C12H19N3O5/c1-6(2)4-8(11(18)19)13-12(20)15-5-9(16)14-10(17)7(15)3/h6-8H,4-5H2,1-3H3,(H,13,20)(H,18,19)(H,14,16,17)/t7?,8-/m1/s1. The van der Waals surface area contributed by atoms with Gasteiger partial charge in [0, 0.05) is 0 Å². The molecule has 0 radical (unpaired) electrons. The van der Waals surface area contributed by atoms with E-state index in [4.69, 9.17) is 5.11 Å². The maximum absolute atomic E-state index is 12.0. The minimum absolute atomic E-state index is 0.0834. The number of nitrogens with zero attached hydrogens (tertiary/aromatic N) is 1. The lowest BCUT2D eigenvalue weighted by Crippen LogP contribution is -2.62. The summed E-state index contributed by atoms with van der Waals surface area (Å²) < 4.78 is 0. The lowest BCUT2D eigenvalue weighted by molar-refractivity contribution is -0.139. The Morgan fingerprint density at radius 2 is 2.05 bits per heavy atom. The molecule has 3 N–H and O–H groups in total. The van der Waals surface area contributed by atoms with Crippen molar-refractivity contribution in [2.45, 2.75) is 39.3 Å². The highest BCUT2D eigenvalue weighted by molar-refractivity contribution is 6.04. The van der Waals surface area contributed by atoms with Crippen LogP contribution in [0, 0.1) is 5.92 Å². The summed E-state index contributed by atoms with van der Waals surface area (Å²) in [5, 5.41) is 13.5. The molecule has 1 aliphatic rings. The number of carboxylic acid groups (broad SMARTS) is 1. The Morgan fingerprint density at radius 3 is 2.55 bits per heavy atom. The van der Waals surface area contributed by atoms with E-state index < -0.39 is 35.9 Å². The van der Waals surface area contributed by atoms with Gasteiger partial charge in [-0.15, -0.1) is 0 Å². The summed E-state index contributed by atoms with van der Waals surface area (Å²) in [6.45, 7) is 4.87. The van der Waals surface area contributed by atoms with Crippen LogP contribution < -0.4 is 10.6 Å². The van der Waals surface area contributed by atoms with Gasteiger partial charge in [-0.25, -0.2) is 9.59 Å². The van der Waals surface area contributed by atoms with E-state index in [-0.39, 0.29) is 18.9 Å². The zero-order valence-electron chi connectivity index (χ0n) is 11.7. The first-order valence-corrected chi connectivity index (χ1v) is 6.36. The molecule has 2 atom stereocenters. The normalized spacial score (nSPS) is 20.6. The number of urea groups is 1. The monoisotopic (exact) mass is 285 g/mol. The highest BCUT2D eigenvalue weighted by Gasteiger charge is 2.35. The van der Waals surface area contributed by atoms with Crippen LogP contribution in [0.5, 0.6) is 0 Å². The van der Waals surface area contributed by atoms with Gasteiger partial charge in [-0.1, -0.05) is 13.8 Å². The predicted molar refractivity (Wildman–Crippen MR) is 68.7 cm³/mol. The van der Waals surface area contributed by atoms with Crippen molar-refractivity contribution >= 4 is 23.8 Å². The van der Waals surface area contributed by atoms with Crippen LogP contribution in [0.25, 0.3) is 0 Å². The van der Waals surface area contributed by atoms with Crippen LogP contribution in [-0.2, 0) is 14.4 Å². The van der Waals surface area contributed by atoms with E-state index in [2.05, 4.69) is 10.6 Å². The van der Waals surface area contributed by atoms with Gasteiger partial charge < -0.3 is 15.3 Å². The summed E-state index contributed by atoms with van der Waals surface area (Å²) in [5.41, 5.74) is 0. The SMILES string of the molecule is CC(C)C[C@@H](NC(=O)N1CC(=O)NC(=O)C1C)C(=O)O. The van der Waals surface area contributed by atoms with Gasteiger partial charge >= 0.3 is 12.0 Å². The third-order valence-electron chi connectivity index (χ3n) is 2.99. The second-order valence-electron chi connectivity index (χ2n) is 5.19. The number of piperazine rings is 1. The van der Waals surface area contributed by atoms with E-state index in [1.165, 1.54) is 6.92 Å². The summed E-state index contributed by atoms with van der Waals surface area (Å²) in [4.78, 5) is 46.8. The van der Waals surface area contributed by atoms with E-state index in [9.17, 15) is 19.2 Å². The van der Waals surface area contributed by atoms with E-state index in [0.717, 1.165) is 4.90 Å². The number of aliphatic carboxylic acids is 1. The molecular weight excluding hydrogens is 266 g/mol. The van der Waals surface area contributed by atoms with Crippen LogP contribution >= 0.6 is 0 Å². The Balaban J connectivity index is 2.75. The number of carbonyl (C=O) groups excluding carboxylic acids is 3. The third kappa shape index (κ3) is 3.94. The van der Waals surface area contributed by atoms with Crippen molar-refractivity contribution < 1.29 is 24.3 Å². The number of hydrogen-bond acceptors (Lipinski definition) is 4. The Labute approximate surface area is 116 Å². The number of imide groups is 1. The third-order valence-corrected chi connectivity index (χ3v) is 2.99. The molecular formula is C12H19N3O5. The van der Waals surface area contributed by atoms with Crippen molar-refractivity contribution in [2.24, 2.45) is 5.92 Å². The molecule has 0 aromatic rings. The molecule has 0 aromatic heterocycles. The molecule has 112 valence electrons. The van der Waals surface area contributed by atoms with Gasteiger partial charge in [0.2, 0.25) is 11.8 Å². The lowest BCUT2D eigenvalue weighted by Gasteiger charge is -2.32. The minimum atomic E-state index is -1.15. The maximum atomic E-state index is 12.0. The van der Waals surface area contributed by atoms with Gasteiger partial charge in [-0.3, -0.25) is 14.9 Å². The first kappa shape index (κ1) is 15.9. The summed E-state index contributed by atoms with van der Waals surface area (Å²) in [6, 6.07) is -2.59. The van der Waals surface area contributed by atoms with Crippen molar-refractivity contribution in [3.05, 3.63) is 0 Å². The molecule has 0 bridgehead atoms. The Hall–Kier alpha value is -2.12. The largest absolute Gasteiger partial charge is 0.480 e. The number of carboxylic acids is 1. The number of hydrogen-bond donors (Lipinski definition) is 3. The summed E-state index contributed by atoms with van der Waals surface area (Å²) >= 11 is 0. The average Bonchev–Trinajstić information content (AvgIpc) is 2.32. The molecule has 4 amide bonds. The summed E-state index contributed by atoms with van der Waals surface area (Å²) in [6.07, 6.45) is 0.267. The van der Waals surface area contributed by atoms with Crippen molar-refractivity contribution in [3.63, 3.8) is 0 Å². The molecule has 8 heteroatoms. The highest BCUT2D eigenvalue weighted by atomic mass is 16.4. The number of carbonyl (C=O) groups is 4. The molecule has 0 spiro atoms. The van der Waals surface area contributed by atoms with Crippen LogP contribution in [0.15, 0.2) is 0 Å². The highest BCUT2D eigenvalue weighted by Crippen LogP contribution is 2.09. The molecule has 1 saturated heterocycles. The molecule has 1 aliphatic heterocycles. The van der Waals surface area contributed by atoms with E-state index in [1.807, 2.05) is 13.8 Å². The van der Waals surface area contributed by atoms with Gasteiger partial charge in [-0.2, -0.15) is 0 Å². The van der Waals surface area contributed by atoms with Crippen LogP contribution in [-0.4, -0.2) is 52.4 Å². The van der Waals surface area contributed by atoms with E-state index in [1.54, 1.807) is 0 Å². The van der Waals surface area contributed by atoms with Crippen LogP contribution in [0.2, 0.25) is 0 Å². The minimum Gasteiger partial charge on any atom is -0.480 e. The van der Waals surface area contributed by atoms with Gasteiger partial charge in [0.1, 0.15) is 18.6 Å². The van der Waals surface area contributed by atoms with E-state index >= 15 is 0 Å². The van der Waals surface area contributed by atoms with Gasteiger partial charge in [0.25, 0.3) is 0 Å². The smallest absolute Gasteiger partial charge is 0.326 e. The second kappa shape index (κ2) is 6.36. The fourth-order valence-corrected chi connectivity index (χ4v) is 1.89. The maximum Gasteiger partial charge on any atom is 0.326 e. The first-order valence-electron chi connectivity index (χ1n) is 6.36. The molecule has 8 nitrogen and oxygen atoms in total. The fourth-order valence-electron chi connectivity index (χ4n) is 1.89. The molecule has 1 unspecified atom stereocenters. The van der Waals surface area contributed by atoms with Crippen LogP contribution in [0.3, 0.4) is 0 Å². The van der Waals surface area contributed by atoms with E-state index in [0.29, 0.717) is 0 Å². The lowest BCUT2D eigenvalue weighted by atomic mass is 10.0. The Kier molecular flexibility index (Phi) is 5.06. The summed E-state index contributed by atoms with van der Waals surface area (Å²) in [5.74, 6) is -2.22. The van der Waals surface area contributed by atoms with Gasteiger partial charge in [0.15, 0.2) is 0 Å². The van der Waals surface area contributed by atoms with Gasteiger partial charge in [-0.05, 0) is 19.3 Å². The Morgan fingerprint density at radius 1 is 1.45 bits per heavy atom. The Bertz CT molecular complexity index is 435. The molecule has 0 aromatic carbocycles. The van der Waals surface area contributed by atoms with Crippen molar-refractivity contribution in [3.8, 4) is 0 Å². The zero-order valence-corrected chi connectivity index (χ0v) is 11.7.